The zero-order chi connectivity index (χ0) is 20.5. The molecule has 2 aliphatic heterocycles. The predicted octanol–water partition coefficient (Wildman–Crippen LogP) is 0.0293. The van der Waals surface area contributed by atoms with E-state index in [1.807, 2.05) is 35.2 Å². The average Bonchev–Trinajstić information content (AvgIpc) is 3.03. The highest BCUT2D eigenvalue weighted by Crippen LogP contribution is 2.26. The molecular formula is C19H28N4O4S. The van der Waals surface area contributed by atoms with E-state index < -0.39 is 15.6 Å². The molecule has 3 rings (SSSR count). The third-order valence-electron chi connectivity index (χ3n) is 5.35. The predicted molar refractivity (Wildman–Crippen MR) is 106 cm³/mol. The minimum absolute atomic E-state index is 0.00407. The van der Waals surface area contributed by atoms with Crippen LogP contribution in [0.25, 0.3) is 0 Å². The van der Waals surface area contributed by atoms with E-state index in [1.165, 1.54) is 13.8 Å². The second-order valence-electron chi connectivity index (χ2n) is 8.12. The Morgan fingerprint density at radius 2 is 1.86 bits per heavy atom. The van der Waals surface area contributed by atoms with Crippen molar-refractivity contribution in [2.24, 2.45) is 0 Å². The van der Waals surface area contributed by atoms with Crippen LogP contribution in [0.3, 0.4) is 0 Å². The quantitative estimate of drug-likeness (QED) is 0.692. The molecule has 2 fully saturated rings. The molecule has 1 aromatic rings. The maximum atomic E-state index is 12.9. The van der Waals surface area contributed by atoms with Crippen molar-refractivity contribution in [1.29, 1.82) is 0 Å². The Labute approximate surface area is 166 Å². The van der Waals surface area contributed by atoms with Crippen LogP contribution < -0.4 is 10.0 Å². The van der Waals surface area contributed by atoms with Gasteiger partial charge >= 0.3 is 0 Å². The first-order valence-electron chi connectivity index (χ1n) is 9.44. The topological polar surface area (TPSA) is 98.8 Å². The van der Waals surface area contributed by atoms with Crippen molar-refractivity contribution in [2.75, 3.05) is 32.4 Å². The number of sulfonamides is 1. The molecule has 0 radical (unpaired) electrons. The van der Waals surface area contributed by atoms with Gasteiger partial charge in [-0.05, 0) is 32.4 Å². The van der Waals surface area contributed by atoms with Gasteiger partial charge in [-0.2, -0.15) is 0 Å². The van der Waals surface area contributed by atoms with Gasteiger partial charge in [-0.25, -0.2) is 13.1 Å². The molecule has 3 atom stereocenters. The number of nitrogens with zero attached hydrogens (tertiary/aromatic N) is 2. The first kappa shape index (κ1) is 20.8. The number of benzene rings is 1. The molecule has 0 saturated carbocycles. The number of hydrogen-bond donors (Lipinski definition) is 2. The SMILES string of the molecule is CC(C)(NS(C)(=O)=O)C(=O)NC[C@H]1CN(C(=O)c2ccccc2)[C@H]2CCN1C2. The Morgan fingerprint density at radius 3 is 2.50 bits per heavy atom. The maximum absolute atomic E-state index is 12.9. The number of fused-ring (bicyclic) bond motifs is 2. The van der Waals surface area contributed by atoms with Crippen LogP contribution in [-0.4, -0.2) is 80.1 Å². The molecule has 28 heavy (non-hydrogen) atoms. The largest absolute Gasteiger partial charge is 0.353 e. The minimum atomic E-state index is -3.50. The van der Waals surface area contributed by atoms with Gasteiger partial charge in [-0.1, -0.05) is 18.2 Å². The number of nitrogens with one attached hydrogen (secondary N) is 2. The van der Waals surface area contributed by atoms with Gasteiger partial charge in [0.05, 0.1) is 6.26 Å². The lowest BCUT2D eigenvalue weighted by atomic mass is 10.1. The minimum Gasteiger partial charge on any atom is -0.353 e. The zero-order valence-electron chi connectivity index (χ0n) is 16.5. The number of hydrogen-bond acceptors (Lipinski definition) is 5. The van der Waals surface area contributed by atoms with Crippen molar-refractivity contribution < 1.29 is 18.0 Å². The lowest BCUT2D eigenvalue weighted by molar-refractivity contribution is -0.126. The Morgan fingerprint density at radius 1 is 1.18 bits per heavy atom. The summed E-state index contributed by atoms with van der Waals surface area (Å²) in [5.74, 6) is -0.372. The fourth-order valence-corrected chi connectivity index (χ4v) is 5.00. The average molecular weight is 409 g/mol. The molecule has 2 N–H and O–H groups in total. The van der Waals surface area contributed by atoms with Crippen molar-refractivity contribution in [3.8, 4) is 0 Å². The second-order valence-corrected chi connectivity index (χ2v) is 9.87. The molecule has 2 heterocycles. The molecular weight excluding hydrogens is 380 g/mol. The summed E-state index contributed by atoms with van der Waals surface area (Å²) in [6.07, 6.45) is 1.95. The number of carbonyl (C=O) groups is 2. The first-order chi connectivity index (χ1) is 13.1. The molecule has 8 nitrogen and oxygen atoms in total. The molecule has 9 heteroatoms. The normalized spacial score (nSPS) is 24.8. The van der Waals surface area contributed by atoms with E-state index in [9.17, 15) is 18.0 Å². The van der Waals surface area contributed by atoms with E-state index in [0.29, 0.717) is 18.7 Å². The van der Waals surface area contributed by atoms with E-state index >= 15 is 0 Å². The smallest absolute Gasteiger partial charge is 0.254 e. The Hall–Kier alpha value is -1.97. The molecule has 1 unspecified atom stereocenters. The summed E-state index contributed by atoms with van der Waals surface area (Å²) in [4.78, 5) is 29.6. The van der Waals surface area contributed by atoms with E-state index in [-0.39, 0.29) is 23.9 Å². The van der Waals surface area contributed by atoms with Crippen LogP contribution >= 0.6 is 0 Å². The third kappa shape index (κ3) is 4.71. The summed E-state index contributed by atoms with van der Waals surface area (Å²) >= 11 is 0. The Bertz CT molecular complexity index is 841. The maximum Gasteiger partial charge on any atom is 0.254 e. The van der Waals surface area contributed by atoms with Gasteiger partial charge in [0.2, 0.25) is 15.9 Å². The van der Waals surface area contributed by atoms with E-state index in [2.05, 4.69) is 14.9 Å². The van der Waals surface area contributed by atoms with Crippen molar-refractivity contribution in [2.45, 2.75) is 37.9 Å². The summed E-state index contributed by atoms with van der Waals surface area (Å²) < 4.78 is 25.3. The van der Waals surface area contributed by atoms with Crippen LogP contribution in [0.15, 0.2) is 30.3 Å². The lowest BCUT2D eigenvalue weighted by Crippen LogP contribution is -2.60. The van der Waals surface area contributed by atoms with E-state index in [1.54, 1.807) is 0 Å². The molecule has 2 aliphatic rings. The third-order valence-corrected chi connectivity index (χ3v) is 6.23. The fourth-order valence-electron chi connectivity index (χ4n) is 3.98. The summed E-state index contributed by atoms with van der Waals surface area (Å²) in [6, 6.07) is 9.43. The van der Waals surface area contributed by atoms with Crippen LogP contribution in [0.5, 0.6) is 0 Å². The van der Waals surface area contributed by atoms with Crippen molar-refractivity contribution in [3.63, 3.8) is 0 Å². The molecule has 0 spiro atoms. The number of rotatable bonds is 6. The highest BCUT2D eigenvalue weighted by molar-refractivity contribution is 7.88. The van der Waals surface area contributed by atoms with Gasteiger partial charge in [0.1, 0.15) is 5.54 Å². The fraction of sp³-hybridized carbons (Fsp3) is 0.579. The highest BCUT2D eigenvalue weighted by Gasteiger charge is 2.41. The van der Waals surface area contributed by atoms with Gasteiger partial charge in [0.15, 0.2) is 0 Å². The zero-order valence-corrected chi connectivity index (χ0v) is 17.3. The molecule has 2 bridgehead atoms. The van der Waals surface area contributed by atoms with Gasteiger partial charge in [-0.15, -0.1) is 0 Å². The number of carbonyl (C=O) groups excluding carboxylic acids is 2. The number of amides is 2. The van der Waals surface area contributed by atoms with Crippen molar-refractivity contribution in [1.82, 2.24) is 19.8 Å². The molecule has 2 saturated heterocycles. The van der Waals surface area contributed by atoms with Gasteiger partial charge in [0, 0.05) is 43.8 Å². The lowest BCUT2D eigenvalue weighted by Gasteiger charge is -2.40. The summed E-state index contributed by atoms with van der Waals surface area (Å²) in [7, 11) is -3.50. The Balaban J connectivity index is 1.64. The summed E-state index contributed by atoms with van der Waals surface area (Å²) in [5, 5.41) is 2.85. The van der Waals surface area contributed by atoms with Crippen LogP contribution in [0.2, 0.25) is 0 Å². The molecule has 154 valence electrons. The molecule has 2 amide bonds. The van der Waals surface area contributed by atoms with Crippen LogP contribution in [0, 0.1) is 0 Å². The summed E-state index contributed by atoms with van der Waals surface area (Å²) in [6.45, 7) is 5.64. The molecule has 1 aromatic carbocycles. The Kier molecular flexibility index (Phi) is 5.79. The van der Waals surface area contributed by atoms with Crippen LogP contribution in [0.1, 0.15) is 30.6 Å². The molecule has 0 aromatic heterocycles. The van der Waals surface area contributed by atoms with Crippen LogP contribution in [0.4, 0.5) is 0 Å². The monoisotopic (exact) mass is 408 g/mol. The van der Waals surface area contributed by atoms with Crippen molar-refractivity contribution in [3.05, 3.63) is 35.9 Å². The van der Waals surface area contributed by atoms with E-state index in [0.717, 1.165) is 25.8 Å². The van der Waals surface area contributed by atoms with Gasteiger partial charge < -0.3 is 10.2 Å². The standard InChI is InChI=1S/C19H28N4O4S/c1-19(2,21-28(3,26)27)18(25)20-11-16-13-23(15-9-10-22(16)12-15)17(24)14-7-5-4-6-8-14/h4-8,15-16,21H,9-13H2,1-3H3,(H,20,25)/t15-,16-/m0/s1. The number of piperazine rings is 1. The van der Waals surface area contributed by atoms with Gasteiger partial charge in [-0.3, -0.25) is 14.5 Å². The molecule has 0 aliphatic carbocycles. The highest BCUT2D eigenvalue weighted by atomic mass is 32.2. The van der Waals surface area contributed by atoms with Gasteiger partial charge in [0.25, 0.3) is 5.91 Å². The summed E-state index contributed by atoms with van der Waals surface area (Å²) in [5.41, 5.74) is -0.570. The van der Waals surface area contributed by atoms with E-state index in [4.69, 9.17) is 0 Å². The first-order valence-corrected chi connectivity index (χ1v) is 11.3. The van der Waals surface area contributed by atoms with Crippen molar-refractivity contribution >= 4 is 21.8 Å². The van der Waals surface area contributed by atoms with Crippen LogP contribution in [-0.2, 0) is 14.8 Å². The second kappa shape index (κ2) is 7.81.